The highest BCUT2D eigenvalue weighted by atomic mass is 127. The number of methoxy groups -OCH3 is 2. The number of para-hydroxylation sites is 1. The Hall–Kier alpha value is -1.02. The lowest BCUT2D eigenvalue weighted by Crippen LogP contribution is -2.45. The predicted octanol–water partition coefficient (Wildman–Crippen LogP) is 3.38. The molecule has 0 fully saturated rings. The molecule has 5 nitrogen and oxygen atoms in total. The van der Waals surface area contributed by atoms with Crippen molar-refractivity contribution in [1.29, 1.82) is 0 Å². The quantitative estimate of drug-likeness (QED) is 0.411. The fraction of sp³-hybridized carbons (Fsp3) is 0.611. The Labute approximate surface area is 163 Å². The lowest BCUT2D eigenvalue weighted by atomic mass is 9.89. The fourth-order valence-corrected chi connectivity index (χ4v) is 2.48. The molecule has 1 atom stereocenters. The van der Waals surface area contributed by atoms with Crippen LogP contribution in [0.5, 0.6) is 5.75 Å². The molecule has 0 aliphatic rings. The molecule has 0 aliphatic heterocycles. The van der Waals surface area contributed by atoms with Crippen molar-refractivity contribution in [2.45, 2.75) is 33.4 Å². The third-order valence-corrected chi connectivity index (χ3v) is 3.87. The molecule has 0 heterocycles. The highest BCUT2D eigenvalue weighted by Crippen LogP contribution is 2.21. The highest BCUT2D eigenvalue weighted by Gasteiger charge is 2.24. The van der Waals surface area contributed by atoms with E-state index in [1.165, 1.54) is 0 Å². The van der Waals surface area contributed by atoms with E-state index >= 15 is 0 Å². The second kappa shape index (κ2) is 10.8. The van der Waals surface area contributed by atoms with E-state index in [1.54, 1.807) is 21.3 Å². The largest absolute Gasteiger partial charge is 0.496 e. The van der Waals surface area contributed by atoms with Crippen molar-refractivity contribution in [2.75, 3.05) is 34.9 Å². The van der Waals surface area contributed by atoms with Crippen molar-refractivity contribution < 1.29 is 9.47 Å². The Bertz CT molecular complexity index is 515. The number of hydrogen-bond donors (Lipinski definition) is 1. The molecule has 0 aliphatic carbocycles. The summed E-state index contributed by atoms with van der Waals surface area (Å²) in [4.78, 5) is 6.44. The second-order valence-electron chi connectivity index (χ2n) is 6.69. The summed E-state index contributed by atoms with van der Waals surface area (Å²) in [5.74, 6) is 1.72. The Kier molecular flexibility index (Phi) is 10.3. The maximum atomic E-state index is 5.59. The maximum Gasteiger partial charge on any atom is 0.193 e. The monoisotopic (exact) mass is 449 g/mol. The molecule has 24 heavy (non-hydrogen) atoms. The van der Waals surface area contributed by atoms with E-state index in [9.17, 15) is 0 Å². The van der Waals surface area contributed by atoms with Crippen LogP contribution in [0, 0.1) is 5.41 Å². The van der Waals surface area contributed by atoms with Crippen molar-refractivity contribution in [3.8, 4) is 5.75 Å². The Morgan fingerprint density at radius 1 is 1.25 bits per heavy atom. The van der Waals surface area contributed by atoms with Gasteiger partial charge in [-0.3, -0.25) is 4.99 Å². The van der Waals surface area contributed by atoms with Crippen LogP contribution in [0.15, 0.2) is 29.3 Å². The van der Waals surface area contributed by atoms with Gasteiger partial charge in [-0.2, -0.15) is 0 Å². The fourth-order valence-electron chi connectivity index (χ4n) is 2.48. The van der Waals surface area contributed by atoms with Gasteiger partial charge in [-0.25, -0.2) is 0 Å². The minimum absolute atomic E-state index is 0. The van der Waals surface area contributed by atoms with Crippen LogP contribution in [-0.4, -0.2) is 51.8 Å². The number of benzene rings is 1. The van der Waals surface area contributed by atoms with Gasteiger partial charge in [0.1, 0.15) is 5.75 Å². The highest BCUT2D eigenvalue weighted by molar-refractivity contribution is 14.0. The standard InChI is InChI=1S/C18H31N3O2.HI/c1-18(2,3)16(23-7)12-20-17(19-4)21(5)13-14-10-8-9-11-15(14)22-6;/h8-11,16H,12-13H2,1-7H3,(H,19,20);1H. The third-order valence-electron chi connectivity index (χ3n) is 3.87. The molecule has 6 heteroatoms. The zero-order chi connectivity index (χ0) is 17.5. The summed E-state index contributed by atoms with van der Waals surface area (Å²) < 4.78 is 11.0. The molecule has 0 saturated carbocycles. The van der Waals surface area contributed by atoms with Gasteiger partial charge in [0.05, 0.1) is 13.2 Å². The minimum Gasteiger partial charge on any atom is -0.496 e. The number of hydrogen-bond acceptors (Lipinski definition) is 3. The number of guanidine groups is 1. The van der Waals surface area contributed by atoms with Gasteiger partial charge in [0.2, 0.25) is 0 Å². The first kappa shape index (κ1) is 23.0. The van der Waals surface area contributed by atoms with Gasteiger partial charge in [0, 0.05) is 39.9 Å². The summed E-state index contributed by atoms with van der Waals surface area (Å²) in [6.07, 6.45) is 0.110. The summed E-state index contributed by atoms with van der Waals surface area (Å²) in [6, 6.07) is 8.03. The topological polar surface area (TPSA) is 46.1 Å². The molecule has 138 valence electrons. The van der Waals surface area contributed by atoms with Crippen molar-refractivity contribution >= 4 is 29.9 Å². The molecule has 1 rings (SSSR count). The van der Waals surface area contributed by atoms with Crippen molar-refractivity contribution in [1.82, 2.24) is 10.2 Å². The normalized spacial score (nSPS) is 13.0. The molecular weight excluding hydrogens is 417 g/mol. The van der Waals surface area contributed by atoms with E-state index in [0.29, 0.717) is 6.54 Å². The maximum absolute atomic E-state index is 5.59. The van der Waals surface area contributed by atoms with E-state index in [-0.39, 0.29) is 35.5 Å². The molecule has 1 aromatic carbocycles. The van der Waals surface area contributed by atoms with Crippen LogP contribution in [0.3, 0.4) is 0 Å². The number of rotatable bonds is 6. The van der Waals surface area contributed by atoms with E-state index in [4.69, 9.17) is 9.47 Å². The van der Waals surface area contributed by atoms with E-state index in [1.807, 2.05) is 25.2 Å². The van der Waals surface area contributed by atoms with Crippen molar-refractivity contribution in [3.05, 3.63) is 29.8 Å². The first-order valence-corrected chi connectivity index (χ1v) is 7.90. The van der Waals surface area contributed by atoms with Gasteiger partial charge in [-0.1, -0.05) is 39.0 Å². The SMILES string of the molecule is CN=C(NCC(OC)C(C)(C)C)N(C)Cc1ccccc1OC.I. The lowest BCUT2D eigenvalue weighted by molar-refractivity contribution is 0.0202. The molecule has 0 bridgehead atoms. The summed E-state index contributed by atoms with van der Waals surface area (Å²) in [5, 5.41) is 3.39. The molecule has 0 spiro atoms. The van der Waals surface area contributed by atoms with Crippen LogP contribution in [-0.2, 0) is 11.3 Å². The van der Waals surface area contributed by atoms with Gasteiger partial charge in [0.15, 0.2) is 5.96 Å². The second-order valence-corrected chi connectivity index (χ2v) is 6.69. The Morgan fingerprint density at radius 2 is 1.88 bits per heavy atom. The summed E-state index contributed by atoms with van der Waals surface area (Å²) in [5.41, 5.74) is 1.20. The molecule has 0 radical (unpaired) electrons. The third kappa shape index (κ3) is 6.84. The molecule has 0 aromatic heterocycles. The number of nitrogens with zero attached hydrogens (tertiary/aromatic N) is 2. The average molecular weight is 449 g/mol. The first-order valence-electron chi connectivity index (χ1n) is 7.90. The molecule has 1 unspecified atom stereocenters. The van der Waals surface area contributed by atoms with Crippen molar-refractivity contribution in [2.24, 2.45) is 10.4 Å². The lowest BCUT2D eigenvalue weighted by Gasteiger charge is -2.31. The van der Waals surface area contributed by atoms with Gasteiger partial charge >= 0.3 is 0 Å². The minimum atomic E-state index is 0. The molecule has 1 N–H and O–H groups in total. The average Bonchev–Trinajstić information content (AvgIpc) is 2.50. The van der Waals surface area contributed by atoms with Crippen LogP contribution in [0.1, 0.15) is 26.3 Å². The zero-order valence-corrected chi connectivity index (χ0v) is 18.3. The summed E-state index contributed by atoms with van der Waals surface area (Å²) in [6.45, 7) is 7.94. The Morgan fingerprint density at radius 3 is 2.38 bits per heavy atom. The number of aliphatic imine (C=N–C) groups is 1. The van der Waals surface area contributed by atoms with Crippen LogP contribution < -0.4 is 10.1 Å². The summed E-state index contributed by atoms with van der Waals surface area (Å²) >= 11 is 0. The molecule has 0 saturated heterocycles. The van der Waals surface area contributed by atoms with Crippen LogP contribution in [0.25, 0.3) is 0 Å². The zero-order valence-electron chi connectivity index (χ0n) is 15.9. The van der Waals surface area contributed by atoms with E-state index < -0.39 is 0 Å². The predicted molar refractivity (Wildman–Crippen MR) is 111 cm³/mol. The smallest absolute Gasteiger partial charge is 0.193 e. The van der Waals surface area contributed by atoms with Crippen LogP contribution in [0.2, 0.25) is 0 Å². The van der Waals surface area contributed by atoms with E-state index in [2.05, 4.69) is 42.0 Å². The number of nitrogens with one attached hydrogen (secondary N) is 1. The van der Waals surface area contributed by atoms with Crippen LogP contribution in [0.4, 0.5) is 0 Å². The molecule has 1 aromatic rings. The summed E-state index contributed by atoms with van der Waals surface area (Å²) in [7, 11) is 7.25. The van der Waals surface area contributed by atoms with Gasteiger partial charge in [-0.15, -0.1) is 24.0 Å². The molecule has 0 amide bonds. The van der Waals surface area contributed by atoms with Gasteiger partial charge in [0.25, 0.3) is 0 Å². The van der Waals surface area contributed by atoms with Crippen LogP contribution >= 0.6 is 24.0 Å². The van der Waals surface area contributed by atoms with Gasteiger partial charge < -0.3 is 19.7 Å². The Balaban J connectivity index is 0.00000529. The number of halogens is 1. The van der Waals surface area contributed by atoms with Gasteiger partial charge in [-0.05, 0) is 11.5 Å². The molecular formula is C18H32IN3O2. The van der Waals surface area contributed by atoms with E-state index in [0.717, 1.165) is 23.8 Å². The first-order chi connectivity index (χ1) is 10.8. The van der Waals surface area contributed by atoms with Crippen molar-refractivity contribution in [3.63, 3.8) is 0 Å². The number of ether oxygens (including phenoxy) is 2.